The number of halogens is 3. The summed E-state index contributed by atoms with van der Waals surface area (Å²) >= 11 is 6.56. The number of nitrogens with one attached hydrogen (secondary N) is 1. The Bertz CT molecular complexity index is 837. The van der Waals surface area contributed by atoms with Crippen molar-refractivity contribution in [2.45, 2.75) is 0 Å². The minimum Gasteiger partial charge on any atom is -0.398 e. The monoisotopic (exact) mass is 409 g/mol. The van der Waals surface area contributed by atoms with Gasteiger partial charge in [0.15, 0.2) is 0 Å². The highest BCUT2D eigenvalue weighted by atomic mass is 79.9. The molecule has 0 saturated carbocycles. The van der Waals surface area contributed by atoms with Crippen molar-refractivity contribution in [1.29, 1.82) is 0 Å². The molecule has 0 amide bonds. The largest absolute Gasteiger partial charge is 0.398 e. The number of nitrogens with zero attached hydrogens (tertiary/aromatic N) is 1. The first-order valence-electron chi connectivity index (χ1n) is 6.10. The molecular weight excluding hydrogens is 401 g/mol. The second-order valence-corrected chi connectivity index (χ2v) is 6.28. The molecule has 3 aromatic rings. The van der Waals surface area contributed by atoms with Crippen LogP contribution in [0.15, 0.2) is 51.5 Å². The quantitative estimate of drug-likeness (QED) is 0.569. The fraction of sp³-hybridized carbons (Fsp3) is 0. The molecule has 0 aliphatic rings. The van der Waals surface area contributed by atoms with Crippen LogP contribution in [0.25, 0.3) is 10.9 Å². The van der Waals surface area contributed by atoms with Crippen LogP contribution in [0, 0.1) is 5.82 Å². The number of anilines is 3. The first kappa shape index (κ1) is 14.3. The van der Waals surface area contributed by atoms with Crippen molar-refractivity contribution < 1.29 is 4.39 Å². The zero-order valence-electron chi connectivity index (χ0n) is 10.7. The second-order valence-electron chi connectivity index (χ2n) is 4.51. The first-order chi connectivity index (χ1) is 10.0. The molecule has 3 N–H and O–H groups in total. The number of pyridine rings is 1. The Balaban J connectivity index is 2.08. The zero-order valence-corrected chi connectivity index (χ0v) is 13.9. The molecule has 0 aliphatic heterocycles. The molecule has 2 aromatic carbocycles. The molecule has 1 heterocycles. The number of aromatic nitrogens is 1. The Morgan fingerprint density at radius 2 is 1.90 bits per heavy atom. The number of nitrogen functional groups attached to an aromatic ring is 1. The van der Waals surface area contributed by atoms with Gasteiger partial charge < -0.3 is 11.1 Å². The van der Waals surface area contributed by atoms with Gasteiger partial charge in [-0.1, -0.05) is 0 Å². The molecule has 0 radical (unpaired) electrons. The summed E-state index contributed by atoms with van der Waals surface area (Å²) in [5.41, 5.74) is 8.98. The lowest BCUT2D eigenvalue weighted by molar-refractivity contribution is 0.621. The van der Waals surface area contributed by atoms with Crippen LogP contribution >= 0.6 is 31.9 Å². The van der Waals surface area contributed by atoms with E-state index in [9.17, 15) is 4.39 Å². The normalized spacial score (nSPS) is 10.8. The van der Waals surface area contributed by atoms with Gasteiger partial charge in [0, 0.05) is 27.4 Å². The molecule has 0 unspecified atom stereocenters. The third-order valence-electron chi connectivity index (χ3n) is 3.05. The molecule has 1 aromatic heterocycles. The Labute approximate surface area is 137 Å². The van der Waals surface area contributed by atoms with Crippen LogP contribution in [0.3, 0.4) is 0 Å². The van der Waals surface area contributed by atoms with E-state index in [1.165, 1.54) is 6.07 Å². The van der Waals surface area contributed by atoms with Gasteiger partial charge in [0.2, 0.25) is 0 Å². The van der Waals surface area contributed by atoms with Gasteiger partial charge in [-0.2, -0.15) is 0 Å². The van der Waals surface area contributed by atoms with Crippen molar-refractivity contribution in [2.24, 2.45) is 0 Å². The van der Waals surface area contributed by atoms with E-state index in [0.717, 1.165) is 26.8 Å². The highest BCUT2D eigenvalue weighted by Crippen LogP contribution is 2.31. The summed E-state index contributed by atoms with van der Waals surface area (Å²) in [7, 11) is 0. The minimum atomic E-state index is -0.301. The van der Waals surface area contributed by atoms with Crippen LogP contribution in [0.1, 0.15) is 0 Å². The standard InChI is InChI=1S/C15H10Br2FN3/c16-8-5-10-13(19)3-4-14(15(10)20-7-8)21-9-1-2-12(18)11(17)6-9/h1-7,21H,19H2. The lowest BCUT2D eigenvalue weighted by Gasteiger charge is -2.11. The van der Waals surface area contributed by atoms with Crippen LogP contribution < -0.4 is 11.1 Å². The van der Waals surface area contributed by atoms with Gasteiger partial charge in [-0.25, -0.2) is 4.39 Å². The average Bonchev–Trinajstić information content (AvgIpc) is 2.46. The van der Waals surface area contributed by atoms with Crippen LogP contribution in [-0.2, 0) is 0 Å². The lowest BCUT2D eigenvalue weighted by atomic mass is 10.1. The molecular formula is C15H10Br2FN3. The summed E-state index contributed by atoms with van der Waals surface area (Å²) in [6.07, 6.45) is 1.72. The van der Waals surface area contributed by atoms with Crippen molar-refractivity contribution in [3.05, 3.63) is 57.4 Å². The van der Waals surface area contributed by atoms with E-state index in [-0.39, 0.29) is 5.82 Å². The Morgan fingerprint density at radius 3 is 2.67 bits per heavy atom. The van der Waals surface area contributed by atoms with Crippen LogP contribution in [0.4, 0.5) is 21.5 Å². The van der Waals surface area contributed by atoms with E-state index in [2.05, 4.69) is 42.2 Å². The van der Waals surface area contributed by atoms with Crippen LogP contribution in [0.5, 0.6) is 0 Å². The summed E-state index contributed by atoms with van der Waals surface area (Å²) in [5, 5.41) is 4.09. The van der Waals surface area contributed by atoms with Crippen molar-refractivity contribution >= 4 is 59.8 Å². The zero-order chi connectivity index (χ0) is 15.0. The summed E-state index contributed by atoms with van der Waals surface area (Å²) < 4.78 is 14.5. The second kappa shape index (κ2) is 5.61. The van der Waals surface area contributed by atoms with Crippen molar-refractivity contribution in [3.63, 3.8) is 0 Å². The van der Waals surface area contributed by atoms with Gasteiger partial charge in [0.05, 0.1) is 15.7 Å². The molecule has 106 valence electrons. The highest BCUT2D eigenvalue weighted by molar-refractivity contribution is 9.10. The number of hydrogen-bond acceptors (Lipinski definition) is 3. The van der Waals surface area contributed by atoms with Gasteiger partial charge in [0.25, 0.3) is 0 Å². The molecule has 6 heteroatoms. The van der Waals surface area contributed by atoms with Gasteiger partial charge in [-0.15, -0.1) is 0 Å². The molecule has 0 spiro atoms. The Morgan fingerprint density at radius 1 is 1.10 bits per heavy atom. The van der Waals surface area contributed by atoms with Gasteiger partial charge in [-0.3, -0.25) is 4.98 Å². The van der Waals surface area contributed by atoms with E-state index in [1.54, 1.807) is 18.3 Å². The summed E-state index contributed by atoms with van der Waals surface area (Å²) in [4.78, 5) is 4.40. The molecule has 3 rings (SSSR count). The van der Waals surface area contributed by atoms with Crippen molar-refractivity contribution in [1.82, 2.24) is 4.98 Å². The van der Waals surface area contributed by atoms with Gasteiger partial charge in [0.1, 0.15) is 5.82 Å². The number of rotatable bonds is 2. The van der Waals surface area contributed by atoms with Crippen molar-refractivity contribution in [3.8, 4) is 0 Å². The highest BCUT2D eigenvalue weighted by Gasteiger charge is 2.08. The molecule has 0 bridgehead atoms. The predicted octanol–water partition coefficient (Wildman–Crippen LogP) is 5.22. The maximum absolute atomic E-state index is 13.3. The topological polar surface area (TPSA) is 50.9 Å². The van der Waals surface area contributed by atoms with Gasteiger partial charge in [-0.05, 0) is 68.3 Å². The number of nitrogens with two attached hydrogens (primary N) is 1. The summed E-state index contributed by atoms with van der Waals surface area (Å²) in [6, 6.07) is 10.3. The van der Waals surface area contributed by atoms with E-state index in [4.69, 9.17) is 5.73 Å². The van der Waals surface area contributed by atoms with E-state index < -0.39 is 0 Å². The smallest absolute Gasteiger partial charge is 0.137 e. The van der Waals surface area contributed by atoms with E-state index in [1.807, 2.05) is 18.2 Å². The Kier molecular flexibility index (Phi) is 3.82. The molecule has 3 nitrogen and oxygen atoms in total. The maximum Gasteiger partial charge on any atom is 0.137 e. The number of fused-ring (bicyclic) bond motifs is 1. The maximum atomic E-state index is 13.3. The molecule has 0 saturated heterocycles. The molecule has 0 fully saturated rings. The van der Waals surface area contributed by atoms with Crippen LogP contribution in [-0.4, -0.2) is 4.98 Å². The predicted molar refractivity (Wildman–Crippen MR) is 91.2 cm³/mol. The van der Waals surface area contributed by atoms with Crippen LogP contribution in [0.2, 0.25) is 0 Å². The lowest BCUT2D eigenvalue weighted by Crippen LogP contribution is -1.96. The molecule has 0 aliphatic carbocycles. The van der Waals surface area contributed by atoms with Crippen molar-refractivity contribution in [2.75, 3.05) is 11.1 Å². The summed E-state index contributed by atoms with van der Waals surface area (Å²) in [6.45, 7) is 0. The SMILES string of the molecule is Nc1ccc(Nc2ccc(F)c(Br)c2)c2ncc(Br)cc12. The van der Waals surface area contributed by atoms with E-state index in [0.29, 0.717) is 10.2 Å². The molecule has 0 atom stereocenters. The molecule has 21 heavy (non-hydrogen) atoms. The average molecular weight is 411 g/mol. The number of hydrogen-bond donors (Lipinski definition) is 2. The third kappa shape index (κ3) is 2.87. The summed E-state index contributed by atoms with van der Waals surface area (Å²) in [5.74, 6) is -0.301. The number of benzene rings is 2. The van der Waals surface area contributed by atoms with E-state index >= 15 is 0 Å². The van der Waals surface area contributed by atoms with Gasteiger partial charge >= 0.3 is 0 Å². The Hall–Kier alpha value is -1.66. The third-order valence-corrected chi connectivity index (χ3v) is 4.09. The minimum absolute atomic E-state index is 0.301. The fourth-order valence-electron chi connectivity index (χ4n) is 2.05. The fourth-order valence-corrected chi connectivity index (χ4v) is 2.76. The first-order valence-corrected chi connectivity index (χ1v) is 7.69.